The van der Waals surface area contributed by atoms with Crippen molar-refractivity contribution < 1.29 is 14.4 Å². The van der Waals surface area contributed by atoms with Gasteiger partial charge in [0.2, 0.25) is 0 Å². The third kappa shape index (κ3) is 5.43. The Labute approximate surface area is 194 Å². The summed E-state index contributed by atoms with van der Waals surface area (Å²) in [6.45, 7) is 3.33. The first-order chi connectivity index (χ1) is 16.1. The van der Waals surface area contributed by atoms with Crippen molar-refractivity contribution >= 4 is 11.4 Å². The van der Waals surface area contributed by atoms with E-state index in [-0.39, 0.29) is 10.6 Å². The topological polar surface area (TPSA) is 76.9 Å². The lowest BCUT2D eigenvalue weighted by Gasteiger charge is -2.29. The summed E-state index contributed by atoms with van der Waals surface area (Å²) in [5.74, 6) is 1.57. The summed E-state index contributed by atoms with van der Waals surface area (Å²) in [6, 6.07) is 19.3. The number of nitro groups is 1. The van der Waals surface area contributed by atoms with Crippen LogP contribution in [-0.4, -0.2) is 37.1 Å². The molecule has 0 bridgehead atoms. The number of fused-ring (bicyclic) bond motifs is 1. The first kappa shape index (κ1) is 22.6. The fourth-order valence-corrected chi connectivity index (χ4v) is 4.24. The van der Waals surface area contributed by atoms with E-state index in [1.165, 1.54) is 22.8 Å². The molecule has 0 unspecified atom stereocenters. The molecule has 4 rings (SSSR count). The van der Waals surface area contributed by atoms with Gasteiger partial charge in [-0.2, -0.15) is 0 Å². The molecule has 33 heavy (non-hydrogen) atoms. The number of nitro benzene ring substituents is 1. The SMILES string of the molecule is COc1cc2c(cc1OC)CN(CCc1ccc(NCc3ccccc3[N+](=O)[O-])cc1)CC2. The number of nitrogens with zero attached hydrogens (tertiary/aromatic N) is 2. The van der Waals surface area contributed by atoms with E-state index in [4.69, 9.17) is 9.47 Å². The molecule has 0 saturated heterocycles. The van der Waals surface area contributed by atoms with E-state index in [1.807, 2.05) is 18.2 Å². The molecule has 1 N–H and O–H groups in total. The second-order valence-electron chi connectivity index (χ2n) is 8.19. The van der Waals surface area contributed by atoms with Gasteiger partial charge in [-0.1, -0.05) is 30.3 Å². The maximum atomic E-state index is 11.2. The van der Waals surface area contributed by atoms with E-state index < -0.39 is 0 Å². The molecule has 0 aliphatic carbocycles. The molecule has 3 aromatic carbocycles. The lowest BCUT2D eigenvalue weighted by Crippen LogP contribution is -2.32. The van der Waals surface area contributed by atoms with Gasteiger partial charge in [0, 0.05) is 43.5 Å². The van der Waals surface area contributed by atoms with Crippen LogP contribution in [0.5, 0.6) is 11.5 Å². The summed E-state index contributed by atoms with van der Waals surface area (Å²) in [5.41, 5.74) is 5.66. The largest absolute Gasteiger partial charge is 0.493 e. The molecule has 0 atom stereocenters. The highest BCUT2D eigenvalue weighted by molar-refractivity contribution is 5.49. The first-order valence-electron chi connectivity index (χ1n) is 11.1. The van der Waals surface area contributed by atoms with Gasteiger partial charge in [0.25, 0.3) is 5.69 Å². The van der Waals surface area contributed by atoms with Gasteiger partial charge in [-0.25, -0.2) is 0 Å². The average molecular weight is 448 g/mol. The Balaban J connectivity index is 1.31. The van der Waals surface area contributed by atoms with Crippen molar-refractivity contribution in [1.29, 1.82) is 0 Å². The lowest BCUT2D eigenvalue weighted by atomic mass is 9.98. The number of para-hydroxylation sites is 1. The number of benzene rings is 3. The van der Waals surface area contributed by atoms with Crippen molar-refractivity contribution in [2.75, 3.05) is 32.6 Å². The Morgan fingerprint density at radius 3 is 2.39 bits per heavy atom. The van der Waals surface area contributed by atoms with Crippen molar-refractivity contribution in [1.82, 2.24) is 4.90 Å². The average Bonchev–Trinajstić information content (AvgIpc) is 2.85. The molecule has 0 spiro atoms. The molecule has 0 saturated carbocycles. The molecule has 0 radical (unpaired) electrons. The monoisotopic (exact) mass is 447 g/mol. The Morgan fingerprint density at radius 1 is 1.00 bits per heavy atom. The summed E-state index contributed by atoms with van der Waals surface area (Å²) in [5, 5.41) is 14.5. The van der Waals surface area contributed by atoms with Crippen LogP contribution in [0.1, 0.15) is 22.3 Å². The van der Waals surface area contributed by atoms with Gasteiger partial charge in [0.1, 0.15) is 0 Å². The summed E-state index contributed by atoms with van der Waals surface area (Å²) in [6.07, 6.45) is 1.97. The van der Waals surface area contributed by atoms with Crippen molar-refractivity contribution in [2.24, 2.45) is 0 Å². The minimum absolute atomic E-state index is 0.140. The predicted molar refractivity (Wildman–Crippen MR) is 129 cm³/mol. The Morgan fingerprint density at radius 2 is 1.70 bits per heavy atom. The summed E-state index contributed by atoms with van der Waals surface area (Å²) in [4.78, 5) is 13.3. The Hall–Kier alpha value is -3.58. The minimum atomic E-state index is -0.342. The van der Waals surface area contributed by atoms with E-state index in [9.17, 15) is 10.1 Å². The highest BCUT2D eigenvalue weighted by Gasteiger charge is 2.19. The van der Waals surface area contributed by atoms with Crippen LogP contribution in [0, 0.1) is 10.1 Å². The number of hydrogen-bond acceptors (Lipinski definition) is 6. The van der Waals surface area contributed by atoms with Crippen LogP contribution in [0.25, 0.3) is 0 Å². The molecule has 3 aromatic rings. The van der Waals surface area contributed by atoms with Crippen LogP contribution < -0.4 is 14.8 Å². The van der Waals surface area contributed by atoms with Crippen LogP contribution >= 0.6 is 0 Å². The van der Waals surface area contributed by atoms with Gasteiger partial charge in [0.15, 0.2) is 11.5 Å². The minimum Gasteiger partial charge on any atom is -0.493 e. The Bertz CT molecular complexity index is 1120. The predicted octanol–water partition coefficient (Wildman–Crippen LogP) is 4.82. The fraction of sp³-hybridized carbons (Fsp3) is 0.308. The zero-order valence-electron chi connectivity index (χ0n) is 19.0. The van der Waals surface area contributed by atoms with Gasteiger partial charge in [-0.3, -0.25) is 15.0 Å². The number of anilines is 1. The van der Waals surface area contributed by atoms with Crippen molar-refractivity contribution in [3.63, 3.8) is 0 Å². The van der Waals surface area contributed by atoms with Crippen molar-refractivity contribution in [2.45, 2.75) is 25.9 Å². The highest BCUT2D eigenvalue weighted by Crippen LogP contribution is 2.33. The molecule has 7 heteroatoms. The summed E-state index contributed by atoms with van der Waals surface area (Å²) < 4.78 is 10.9. The molecule has 0 amide bonds. The molecule has 172 valence electrons. The number of rotatable bonds is 9. The van der Waals surface area contributed by atoms with Gasteiger partial charge < -0.3 is 14.8 Å². The lowest BCUT2D eigenvalue weighted by molar-refractivity contribution is -0.385. The van der Waals surface area contributed by atoms with Gasteiger partial charge in [-0.05, 0) is 53.8 Å². The van der Waals surface area contributed by atoms with Crippen LogP contribution in [-0.2, 0) is 25.9 Å². The van der Waals surface area contributed by atoms with E-state index >= 15 is 0 Å². The van der Waals surface area contributed by atoms with Crippen LogP contribution in [0.3, 0.4) is 0 Å². The standard InChI is InChI=1S/C26H29N3O4/c1-32-25-15-20-12-14-28(18-22(20)16-26(25)33-2)13-11-19-7-9-23(10-8-19)27-17-21-5-3-4-6-24(21)29(30)31/h3-10,15-16,27H,11-14,17-18H2,1-2H3. The van der Waals surface area contributed by atoms with Crippen molar-refractivity contribution in [3.05, 3.63) is 93.0 Å². The van der Waals surface area contributed by atoms with Gasteiger partial charge >= 0.3 is 0 Å². The summed E-state index contributed by atoms with van der Waals surface area (Å²) in [7, 11) is 3.34. The van der Waals surface area contributed by atoms with E-state index in [0.717, 1.165) is 49.7 Å². The molecule has 0 aromatic heterocycles. The molecular weight excluding hydrogens is 418 g/mol. The van der Waals surface area contributed by atoms with E-state index in [0.29, 0.717) is 12.1 Å². The normalized spacial score (nSPS) is 13.3. The molecule has 1 aliphatic rings. The molecular formula is C26H29N3O4. The highest BCUT2D eigenvalue weighted by atomic mass is 16.6. The Kier molecular flexibility index (Phi) is 7.10. The fourth-order valence-electron chi connectivity index (χ4n) is 4.24. The van der Waals surface area contributed by atoms with Crippen LogP contribution in [0.4, 0.5) is 11.4 Å². The molecule has 1 aliphatic heterocycles. The zero-order valence-corrected chi connectivity index (χ0v) is 19.0. The second-order valence-corrected chi connectivity index (χ2v) is 8.19. The van der Waals surface area contributed by atoms with Crippen molar-refractivity contribution in [3.8, 4) is 11.5 Å². The van der Waals surface area contributed by atoms with E-state index in [2.05, 4.69) is 34.5 Å². The maximum absolute atomic E-state index is 11.2. The smallest absolute Gasteiger partial charge is 0.274 e. The number of hydrogen-bond donors (Lipinski definition) is 1. The number of nitrogens with one attached hydrogen (secondary N) is 1. The first-order valence-corrected chi connectivity index (χ1v) is 11.1. The van der Waals surface area contributed by atoms with Crippen LogP contribution in [0.2, 0.25) is 0 Å². The molecule has 0 fully saturated rings. The molecule has 1 heterocycles. The van der Waals surface area contributed by atoms with Crippen LogP contribution in [0.15, 0.2) is 60.7 Å². The van der Waals surface area contributed by atoms with E-state index in [1.54, 1.807) is 26.4 Å². The van der Waals surface area contributed by atoms with Gasteiger partial charge in [0.05, 0.1) is 19.1 Å². The quantitative estimate of drug-likeness (QED) is 0.374. The van der Waals surface area contributed by atoms with Gasteiger partial charge in [-0.15, -0.1) is 0 Å². The third-order valence-electron chi connectivity index (χ3n) is 6.14. The summed E-state index contributed by atoms with van der Waals surface area (Å²) >= 11 is 0. The third-order valence-corrected chi connectivity index (χ3v) is 6.14. The number of ether oxygens (including phenoxy) is 2. The molecule has 7 nitrogen and oxygen atoms in total. The second kappa shape index (κ2) is 10.4. The number of methoxy groups -OCH3 is 2. The zero-order chi connectivity index (χ0) is 23.2. The maximum Gasteiger partial charge on any atom is 0.274 e.